The van der Waals surface area contributed by atoms with Crippen LogP contribution in [-0.2, 0) is 47.4 Å². The second-order valence-corrected chi connectivity index (χ2v) is 12.2. The fourth-order valence-electron chi connectivity index (χ4n) is 4.07. The zero-order valence-corrected chi connectivity index (χ0v) is 25.9. The Kier molecular flexibility index (Phi) is 13.1. The predicted octanol–water partition coefficient (Wildman–Crippen LogP) is 8.20. The Morgan fingerprint density at radius 2 is 1.17 bits per heavy atom. The van der Waals surface area contributed by atoms with Gasteiger partial charge in [-0.1, -0.05) is 90.1 Å². The van der Waals surface area contributed by atoms with E-state index in [2.05, 4.69) is 77.9 Å². The summed E-state index contributed by atoms with van der Waals surface area (Å²) in [6.07, 6.45) is 2.56. The fourth-order valence-corrected chi connectivity index (χ4v) is 4.07. The van der Waals surface area contributed by atoms with Gasteiger partial charge in [0.1, 0.15) is 13.2 Å². The molecule has 0 spiro atoms. The Morgan fingerprint density at radius 1 is 0.659 bits per heavy atom. The van der Waals surface area contributed by atoms with Crippen LogP contribution in [0.25, 0.3) is 0 Å². The minimum atomic E-state index is -0.803. The Morgan fingerprint density at radius 3 is 1.68 bits per heavy atom. The molecule has 0 saturated heterocycles. The van der Waals surface area contributed by atoms with Crippen LogP contribution in [0.2, 0.25) is 0 Å². The van der Waals surface area contributed by atoms with E-state index in [1.54, 1.807) is 0 Å². The van der Waals surface area contributed by atoms with Crippen LogP contribution in [-0.4, -0.2) is 38.7 Å². The highest BCUT2D eigenvalue weighted by atomic mass is 16.7. The summed E-state index contributed by atoms with van der Waals surface area (Å²) < 4.78 is 25.5. The lowest BCUT2D eigenvalue weighted by Gasteiger charge is -2.23. The van der Waals surface area contributed by atoms with E-state index in [0.29, 0.717) is 12.8 Å². The summed E-state index contributed by atoms with van der Waals surface area (Å²) in [5.41, 5.74) is 6.79. The van der Waals surface area contributed by atoms with Crippen molar-refractivity contribution in [3.8, 4) is 0 Å². The van der Waals surface area contributed by atoms with Crippen LogP contribution in [0.15, 0.2) is 72.2 Å². The molecule has 224 valence electrons. The van der Waals surface area contributed by atoms with Crippen LogP contribution in [0.5, 0.6) is 0 Å². The molecule has 2 aromatic carbocycles. The van der Waals surface area contributed by atoms with Gasteiger partial charge in [-0.3, -0.25) is 0 Å². The zero-order valence-electron chi connectivity index (χ0n) is 25.9. The molecule has 0 fully saturated rings. The molecule has 2 rings (SSSR count). The quantitative estimate of drug-likeness (QED) is 0.145. The van der Waals surface area contributed by atoms with Gasteiger partial charge in [-0.25, -0.2) is 9.59 Å². The average molecular weight is 567 g/mol. The van der Waals surface area contributed by atoms with Gasteiger partial charge in [0.2, 0.25) is 0 Å². The van der Waals surface area contributed by atoms with E-state index in [1.807, 2.05) is 26.0 Å². The Balaban J connectivity index is 1.58. The Bertz CT molecular complexity index is 1180. The number of hydrogen-bond donors (Lipinski definition) is 0. The second kappa shape index (κ2) is 16.0. The molecule has 0 bridgehead atoms. The van der Waals surface area contributed by atoms with E-state index in [-0.39, 0.29) is 37.3 Å². The van der Waals surface area contributed by atoms with Crippen molar-refractivity contribution < 1.29 is 33.3 Å². The molecule has 7 nitrogen and oxygen atoms in total. The first-order chi connectivity index (χ1) is 19.3. The number of carbonyl (C=O) groups is 2. The highest BCUT2D eigenvalue weighted by Gasteiger charge is 2.17. The van der Waals surface area contributed by atoms with E-state index in [9.17, 15) is 9.59 Å². The van der Waals surface area contributed by atoms with E-state index < -0.39 is 12.3 Å². The van der Waals surface area contributed by atoms with Crippen molar-refractivity contribution in [3.05, 3.63) is 94.5 Å². The first-order valence-corrected chi connectivity index (χ1v) is 14.0. The molecule has 0 saturated carbocycles. The summed E-state index contributed by atoms with van der Waals surface area (Å²) in [5, 5.41) is 0. The lowest BCUT2D eigenvalue weighted by molar-refractivity contribution is 0.0199. The molecular weight excluding hydrogens is 520 g/mol. The molecule has 0 unspecified atom stereocenters. The third-order valence-electron chi connectivity index (χ3n) is 6.21. The highest BCUT2D eigenvalue weighted by Crippen LogP contribution is 2.27. The molecule has 0 aliphatic rings. The number of allylic oxidation sites excluding steroid dienone is 2. The third-order valence-corrected chi connectivity index (χ3v) is 6.21. The number of ether oxygens (including phenoxy) is 5. The summed E-state index contributed by atoms with van der Waals surface area (Å²) in [6, 6.07) is 16.7. The van der Waals surface area contributed by atoms with Gasteiger partial charge in [0.05, 0.1) is 25.7 Å². The maximum atomic E-state index is 11.9. The summed E-state index contributed by atoms with van der Waals surface area (Å²) in [7, 11) is 0. The number of carbonyl (C=O) groups excluding carboxylic acids is 2. The largest absolute Gasteiger partial charge is 0.513 e. The lowest BCUT2D eigenvalue weighted by Crippen LogP contribution is -2.15. The molecular formula is C34H46O7. The summed E-state index contributed by atoms with van der Waals surface area (Å²) >= 11 is 0. The van der Waals surface area contributed by atoms with Gasteiger partial charge in [0.15, 0.2) is 0 Å². The highest BCUT2D eigenvalue weighted by molar-refractivity contribution is 5.61. The van der Waals surface area contributed by atoms with E-state index in [0.717, 1.165) is 16.7 Å². The summed E-state index contributed by atoms with van der Waals surface area (Å²) in [6.45, 7) is 17.2. The van der Waals surface area contributed by atoms with Crippen molar-refractivity contribution in [2.75, 3.05) is 26.4 Å². The van der Waals surface area contributed by atoms with Gasteiger partial charge in [-0.2, -0.15) is 0 Å². The maximum absolute atomic E-state index is 11.9. The molecule has 41 heavy (non-hydrogen) atoms. The number of rotatable bonds is 12. The average Bonchev–Trinajstić information content (AvgIpc) is 2.89. The number of benzene rings is 2. The fraction of sp³-hybridized carbons (Fsp3) is 0.471. The lowest BCUT2D eigenvalue weighted by atomic mass is 9.82. The third kappa shape index (κ3) is 13.1. The standard InChI is InChI=1S/C34H46O7/c1-25(21-27-13-15-29(16-14-27)33(3,4)5)23-40-31(35)38-19-17-37-18-20-39-32(36)41-24-26(2)22-28-11-9-10-12-30(28)34(6,7)8/h9-16,23-24H,17-22H2,1-8H3. The van der Waals surface area contributed by atoms with Crippen molar-refractivity contribution in [1.82, 2.24) is 0 Å². The smallest absolute Gasteiger partial charge is 0.432 e. The topological polar surface area (TPSA) is 80.3 Å². The molecule has 0 aliphatic heterocycles. The Hall–Kier alpha value is -3.58. The van der Waals surface area contributed by atoms with Gasteiger partial charge in [0.25, 0.3) is 0 Å². The van der Waals surface area contributed by atoms with Gasteiger partial charge >= 0.3 is 12.3 Å². The molecule has 7 heteroatoms. The van der Waals surface area contributed by atoms with Crippen molar-refractivity contribution in [3.63, 3.8) is 0 Å². The van der Waals surface area contributed by atoms with Gasteiger partial charge in [-0.15, -0.1) is 0 Å². The number of hydrogen-bond acceptors (Lipinski definition) is 7. The van der Waals surface area contributed by atoms with Crippen LogP contribution in [0.1, 0.15) is 77.6 Å². The van der Waals surface area contributed by atoms with E-state index in [4.69, 9.17) is 23.7 Å². The van der Waals surface area contributed by atoms with Crippen LogP contribution in [0.3, 0.4) is 0 Å². The van der Waals surface area contributed by atoms with Crippen molar-refractivity contribution in [2.24, 2.45) is 0 Å². The van der Waals surface area contributed by atoms with Crippen molar-refractivity contribution >= 4 is 12.3 Å². The predicted molar refractivity (Wildman–Crippen MR) is 161 cm³/mol. The zero-order chi connectivity index (χ0) is 30.5. The van der Waals surface area contributed by atoms with Gasteiger partial charge in [0, 0.05) is 0 Å². The molecule has 0 N–H and O–H groups in total. The first-order valence-electron chi connectivity index (χ1n) is 14.0. The van der Waals surface area contributed by atoms with Crippen LogP contribution < -0.4 is 0 Å². The van der Waals surface area contributed by atoms with Crippen LogP contribution >= 0.6 is 0 Å². The molecule has 0 aliphatic carbocycles. The summed E-state index contributed by atoms with van der Waals surface area (Å²) in [4.78, 5) is 23.7. The molecule has 0 amide bonds. The van der Waals surface area contributed by atoms with Crippen molar-refractivity contribution in [2.45, 2.75) is 79.1 Å². The van der Waals surface area contributed by atoms with Crippen molar-refractivity contribution in [1.29, 1.82) is 0 Å². The monoisotopic (exact) mass is 566 g/mol. The molecule has 0 radical (unpaired) electrons. The summed E-state index contributed by atoms with van der Waals surface area (Å²) in [5.74, 6) is 0. The normalized spacial score (nSPS) is 12.6. The minimum absolute atomic E-state index is 0.0156. The maximum Gasteiger partial charge on any atom is 0.513 e. The second-order valence-electron chi connectivity index (χ2n) is 12.2. The van der Waals surface area contributed by atoms with E-state index in [1.165, 1.54) is 29.2 Å². The van der Waals surface area contributed by atoms with Crippen LogP contribution in [0, 0.1) is 0 Å². The van der Waals surface area contributed by atoms with Crippen LogP contribution in [0.4, 0.5) is 9.59 Å². The SMILES string of the molecule is CC(=COC(=O)OCCOCCOC(=O)OC=C(C)Cc1ccccc1C(C)(C)C)Cc1ccc(C(C)(C)C)cc1. The van der Waals surface area contributed by atoms with E-state index >= 15 is 0 Å². The minimum Gasteiger partial charge on any atom is -0.432 e. The molecule has 2 aromatic rings. The first kappa shape index (κ1) is 33.6. The van der Waals surface area contributed by atoms with Gasteiger partial charge < -0.3 is 23.7 Å². The molecule has 0 heterocycles. The van der Waals surface area contributed by atoms with Gasteiger partial charge in [-0.05, 0) is 70.9 Å². The molecule has 0 aromatic heterocycles. The Labute approximate surface area is 245 Å². The molecule has 0 atom stereocenters.